The number of fused-ring (bicyclic) bond motifs is 1. The van der Waals surface area contributed by atoms with Crippen molar-refractivity contribution in [3.05, 3.63) is 65.5 Å². The minimum absolute atomic E-state index is 0. The zero-order valence-electron chi connectivity index (χ0n) is 15.4. The third-order valence-electron chi connectivity index (χ3n) is 5.20. The van der Waals surface area contributed by atoms with E-state index in [2.05, 4.69) is 33.2 Å². The molecule has 0 spiro atoms. The first-order valence-electron chi connectivity index (χ1n) is 9.08. The van der Waals surface area contributed by atoms with Crippen LogP contribution >= 0.6 is 12.4 Å². The molecule has 3 heterocycles. The molecular formula is C21H24ClN3O2. The fraction of sp³-hybridized carbons (Fsp3) is 0.333. The Morgan fingerprint density at radius 1 is 1.19 bits per heavy atom. The molecule has 1 saturated heterocycles. The number of hydrogen-bond acceptors (Lipinski definition) is 4. The molecule has 1 fully saturated rings. The molecule has 0 unspecified atom stereocenters. The normalized spacial score (nSPS) is 14.7. The molecule has 0 radical (unpaired) electrons. The van der Waals surface area contributed by atoms with Gasteiger partial charge in [-0.1, -0.05) is 12.1 Å². The maximum Gasteiger partial charge on any atom is 0.337 e. The van der Waals surface area contributed by atoms with Crippen molar-refractivity contribution in [1.82, 2.24) is 14.9 Å². The second-order valence-electron chi connectivity index (χ2n) is 6.79. The number of rotatable bonds is 4. The highest BCUT2D eigenvalue weighted by Gasteiger charge is 2.18. The first kappa shape index (κ1) is 19.4. The zero-order valence-corrected chi connectivity index (χ0v) is 16.2. The van der Waals surface area contributed by atoms with Crippen molar-refractivity contribution >= 4 is 29.4 Å². The smallest absolute Gasteiger partial charge is 0.337 e. The van der Waals surface area contributed by atoms with Crippen LogP contribution in [0.2, 0.25) is 0 Å². The SMILES string of the molecule is COC(=O)c1ccc(Cn2ccc3c(C4CCNCC4)ccnc32)cc1.Cl. The predicted octanol–water partition coefficient (Wildman–Crippen LogP) is 3.76. The summed E-state index contributed by atoms with van der Waals surface area (Å²) in [6, 6.07) is 11.9. The molecule has 1 N–H and O–H groups in total. The number of halogens is 1. The lowest BCUT2D eigenvalue weighted by molar-refractivity contribution is 0.0600. The van der Waals surface area contributed by atoms with Crippen molar-refractivity contribution in [1.29, 1.82) is 0 Å². The van der Waals surface area contributed by atoms with Gasteiger partial charge in [-0.05, 0) is 67.2 Å². The molecule has 2 aromatic heterocycles. The summed E-state index contributed by atoms with van der Waals surface area (Å²) in [5.74, 6) is 0.299. The Kier molecular flexibility index (Phi) is 6.14. The average Bonchev–Trinajstić information content (AvgIpc) is 3.11. The van der Waals surface area contributed by atoms with Gasteiger partial charge in [0.2, 0.25) is 0 Å². The summed E-state index contributed by atoms with van der Waals surface area (Å²) >= 11 is 0. The number of carbonyl (C=O) groups excluding carboxylic acids is 1. The Bertz CT molecular complexity index is 915. The number of ether oxygens (including phenoxy) is 1. The topological polar surface area (TPSA) is 56.1 Å². The highest BCUT2D eigenvalue weighted by atomic mass is 35.5. The Hall–Kier alpha value is -2.37. The van der Waals surface area contributed by atoms with E-state index in [9.17, 15) is 4.79 Å². The highest BCUT2D eigenvalue weighted by molar-refractivity contribution is 5.89. The lowest BCUT2D eigenvalue weighted by Crippen LogP contribution is -2.26. The maximum absolute atomic E-state index is 11.6. The van der Waals surface area contributed by atoms with Gasteiger partial charge in [-0.3, -0.25) is 0 Å². The Morgan fingerprint density at radius 3 is 2.63 bits per heavy atom. The van der Waals surface area contributed by atoms with Gasteiger partial charge in [-0.15, -0.1) is 12.4 Å². The first-order chi connectivity index (χ1) is 12.8. The molecule has 142 valence electrons. The van der Waals surface area contributed by atoms with Crippen molar-refractivity contribution < 1.29 is 9.53 Å². The zero-order chi connectivity index (χ0) is 17.9. The molecule has 5 nitrogen and oxygen atoms in total. The number of nitrogens with zero attached hydrogens (tertiary/aromatic N) is 2. The minimum Gasteiger partial charge on any atom is -0.465 e. The summed E-state index contributed by atoms with van der Waals surface area (Å²) in [4.78, 5) is 16.2. The number of aromatic nitrogens is 2. The second-order valence-corrected chi connectivity index (χ2v) is 6.79. The van der Waals surface area contributed by atoms with Gasteiger partial charge >= 0.3 is 5.97 Å². The number of esters is 1. The Labute approximate surface area is 165 Å². The van der Waals surface area contributed by atoms with E-state index in [-0.39, 0.29) is 18.4 Å². The lowest BCUT2D eigenvalue weighted by Gasteiger charge is -2.23. The van der Waals surface area contributed by atoms with Crippen molar-refractivity contribution in [2.45, 2.75) is 25.3 Å². The molecule has 0 aliphatic carbocycles. The quantitative estimate of drug-likeness (QED) is 0.695. The van der Waals surface area contributed by atoms with Crippen LogP contribution in [-0.4, -0.2) is 35.7 Å². The van der Waals surface area contributed by atoms with Gasteiger partial charge in [0.25, 0.3) is 0 Å². The first-order valence-corrected chi connectivity index (χ1v) is 9.08. The van der Waals surface area contributed by atoms with Crippen LogP contribution in [0.1, 0.15) is 40.2 Å². The standard InChI is InChI=1S/C21H23N3O2.ClH/c1-26-21(25)17-4-2-15(3-5-17)14-24-13-9-19-18(8-12-23-20(19)24)16-6-10-22-11-7-16;/h2-5,8-9,12-13,16,22H,6-7,10-11,14H2,1H3;1H. The Balaban J connectivity index is 0.00000210. The maximum atomic E-state index is 11.6. The van der Waals surface area contributed by atoms with Gasteiger partial charge in [0, 0.05) is 24.3 Å². The number of methoxy groups -OCH3 is 1. The molecule has 0 atom stereocenters. The van der Waals surface area contributed by atoms with E-state index in [1.165, 1.54) is 30.9 Å². The van der Waals surface area contributed by atoms with Crippen LogP contribution in [0.4, 0.5) is 0 Å². The molecule has 1 aromatic carbocycles. The largest absolute Gasteiger partial charge is 0.465 e. The number of carbonyl (C=O) groups is 1. The van der Waals surface area contributed by atoms with E-state index in [0.717, 1.165) is 30.8 Å². The van der Waals surface area contributed by atoms with E-state index in [0.29, 0.717) is 11.5 Å². The van der Waals surface area contributed by atoms with Crippen LogP contribution in [0.3, 0.4) is 0 Å². The minimum atomic E-state index is -0.309. The van der Waals surface area contributed by atoms with Crippen LogP contribution in [0, 0.1) is 0 Å². The van der Waals surface area contributed by atoms with Crippen LogP contribution in [0.25, 0.3) is 11.0 Å². The molecule has 0 amide bonds. The summed E-state index contributed by atoms with van der Waals surface area (Å²) in [6.07, 6.45) is 6.39. The van der Waals surface area contributed by atoms with Gasteiger partial charge < -0.3 is 14.6 Å². The third kappa shape index (κ3) is 3.99. The molecule has 0 bridgehead atoms. The van der Waals surface area contributed by atoms with E-state index >= 15 is 0 Å². The molecule has 1 aliphatic rings. The van der Waals surface area contributed by atoms with Crippen LogP contribution in [0.15, 0.2) is 48.8 Å². The number of hydrogen-bond donors (Lipinski definition) is 1. The molecule has 1 aliphatic heterocycles. The van der Waals surface area contributed by atoms with Crippen LogP contribution in [-0.2, 0) is 11.3 Å². The van der Waals surface area contributed by atoms with Crippen molar-refractivity contribution in [2.75, 3.05) is 20.2 Å². The van der Waals surface area contributed by atoms with E-state index < -0.39 is 0 Å². The highest BCUT2D eigenvalue weighted by Crippen LogP contribution is 2.31. The summed E-state index contributed by atoms with van der Waals surface area (Å²) in [6.45, 7) is 2.90. The van der Waals surface area contributed by atoms with Crippen molar-refractivity contribution in [2.24, 2.45) is 0 Å². The molecule has 3 aromatic rings. The predicted molar refractivity (Wildman–Crippen MR) is 109 cm³/mol. The van der Waals surface area contributed by atoms with Gasteiger partial charge in [-0.25, -0.2) is 9.78 Å². The third-order valence-corrected chi connectivity index (χ3v) is 5.20. The summed E-state index contributed by atoms with van der Waals surface area (Å²) in [7, 11) is 1.40. The number of pyridine rings is 1. The van der Waals surface area contributed by atoms with Gasteiger partial charge in [-0.2, -0.15) is 0 Å². The second kappa shape index (κ2) is 8.55. The molecule has 0 saturated carbocycles. The summed E-state index contributed by atoms with van der Waals surface area (Å²) in [5.41, 5.74) is 4.14. The molecule has 27 heavy (non-hydrogen) atoms. The monoisotopic (exact) mass is 385 g/mol. The number of nitrogens with one attached hydrogen (secondary N) is 1. The van der Waals surface area contributed by atoms with Crippen LogP contribution in [0.5, 0.6) is 0 Å². The van der Waals surface area contributed by atoms with E-state index in [1.807, 2.05) is 18.3 Å². The number of piperidine rings is 1. The fourth-order valence-corrected chi connectivity index (χ4v) is 3.79. The Morgan fingerprint density at radius 2 is 1.93 bits per heavy atom. The van der Waals surface area contributed by atoms with Gasteiger partial charge in [0.05, 0.1) is 12.7 Å². The van der Waals surface area contributed by atoms with Crippen LogP contribution < -0.4 is 5.32 Å². The fourth-order valence-electron chi connectivity index (χ4n) is 3.79. The van der Waals surface area contributed by atoms with E-state index in [4.69, 9.17) is 4.74 Å². The number of benzene rings is 1. The van der Waals surface area contributed by atoms with Crippen molar-refractivity contribution in [3.8, 4) is 0 Å². The van der Waals surface area contributed by atoms with E-state index in [1.54, 1.807) is 12.1 Å². The summed E-state index contributed by atoms with van der Waals surface area (Å²) < 4.78 is 6.93. The lowest BCUT2D eigenvalue weighted by atomic mass is 9.89. The summed E-state index contributed by atoms with van der Waals surface area (Å²) in [5, 5.41) is 4.69. The van der Waals surface area contributed by atoms with Gasteiger partial charge in [0.1, 0.15) is 5.65 Å². The molecule has 4 rings (SSSR count). The van der Waals surface area contributed by atoms with Gasteiger partial charge in [0.15, 0.2) is 0 Å². The van der Waals surface area contributed by atoms with Crippen molar-refractivity contribution in [3.63, 3.8) is 0 Å². The molecular weight excluding hydrogens is 362 g/mol. The average molecular weight is 386 g/mol. The molecule has 6 heteroatoms.